The monoisotopic (exact) mass is 521 g/mol. The van der Waals surface area contributed by atoms with Crippen molar-refractivity contribution in [1.29, 1.82) is 0 Å². The van der Waals surface area contributed by atoms with E-state index in [0.717, 1.165) is 24.5 Å². The van der Waals surface area contributed by atoms with Crippen LogP contribution in [0.1, 0.15) is 42.4 Å². The normalized spacial score (nSPS) is 12.2. The van der Waals surface area contributed by atoms with Crippen molar-refractivity contribution < 1.29 is 4.39 Å². The molecule has 0 saturated heterocycles. The second-order valence-electron chi connectivity index (χ2n) is 7.03. The van der Waals surface area contributed by atoms with Gasteiger partial charge in [-0.3, -0.25) is 0 Å². The highest BCUT2D eigenvalue weighted by atomic mass is 127. The smallest absolute Gasteiger partial charge is 0.192 e. The van der Waals surface area contributed by atoms with Crippen molar-refractivity contribution in [3.63, 3.8) is 0 Å². The summed E-state index contributed by atoms with van der Waals surface area (Å²) in [4.78, 5) is 9.13. The molecule has 2 aromatic carbocycles. The van der Waals surface area contributed by atoms with E-state index in [-0.39, 0.29) is 35.8 Å². The molecule has 1 atom stereocenters. The molecule has 3 rings (SSSR count). The van der Waals surface area contributed by atoms with Gasteiger partial charge in [0.1, 0.15) is 18.2 Å². The number of guanidine groups is 1. The first-order valence-corrected chi connectivity index (χ1v) is 9.91. The third-order valence-electron chi connectivity index (χ3n) is 4.77. The molecule has 1 unspecified atom stereocenters. The summed E-state index contributed by atoms with van der Waals surface area (Å²) in [6.45, 7) is 7.72. The van der Waals surface area contributed by atoms with Gasteiger partial charge in [0.05, 0.1) is 6.04 Å². The van der Waals surface area contributed by atoms with Crippen LogP contribution in [0.3, 0.4) is 0 Å². The van der Waals surface area contributed by atoms with Crippen LogP contribution in [0.15, 0.2) is 65.9 Å². The third-order valence-corrected chi connectivity index (χ3v) is 4.77. The zero-order chi connectivity index (χ0) is 20.6. The first-order chi connectivity index (χ1) is 14.1. The van der Waals surface area contributed by atoms with Gasteiger partial charge in [0.15, 0.2) is 5.96 Å². The standard InChI is InChI=1S/C23H28FN5.HI/c1-4-25-23(28-18(3)20-11-10-17(2)21(24)14-20)27-15-22-26-12-13-29(22)16-19-8-6-5-7-9-19;/h5-14,18H,4,15-16H2,1-3H3,(H2,25,27,28);1H. The summed E-state index contributed by atoms with van der Waals surface area (Å²) in [6.07, 6.45) is 3.77. The Balaban J connectivity index is 0.00000320. The lowest BCUT2D eigenvalue weighted by molar-refractivity contribution is 0.607. The molecule has 30 heavy (non-hydrogen) atoms. The van der Waals surface area contributed by atoms with Crippen LogP contribution in [0, 0.1) is 12.7 Å². The van der Waals surface area contributed by atoms with Crippen molar-refractivity contribution in [2.75, 3.05) is 6.54 Å². The fraction of sp³-hybridized carbons (Fsp3) is 0.304. The molecule has 5 nitrogen and oxygen atoms in total. The molecule has 0 radical (unpaired) electrons. The summed E-state index contributed by atoms with van der Waals surface area (Å²) < 4.78 is 16.0. The zero-order valence-electron chi connectivity index (χ0n) is 17.6. The lowest BCUT2D eigenvalue weighted by Gasteiger charge is -2.18. The quantitative estimate of drug-likeness (QED) is 0.267. The lowest BCUT2D eigenvalue weighted by Crippen LogP contribution is -2.38. The average molecular weight is 521 g/mol. The molecule has 0 bridgehead atoms. The van der Waals surface area contributed by atoms with Gasteiger partial charge < -0.3 is 15.2 Å². The second-order valence-corrected chi connectivity index (χ2v) is 7.03. The van der Waals surface area contributed by atoms with Crippen molar-refractivity contribution in [2.45, 2.75) is 39.9 Å². The molecular formula is C23H29FIN5. The number of benzene rings is 2. The molecule has 2 N–H and O–H groups in total. The first kappa shape index (κ1) is 23.9. The Morgan fingerprint density at radius 2 is 1.97 bits per heavy atom. The lowest BCUT2D eigenvalue weighted by atomic mass is 10.1. The van der Waals surface area contributed by atoms with Crippen molar-refractivity contribution in [2.24, 2.45) is 4.99 Å². The van der Waals surface area contributed by atoms with E-state index < -0.39 is 0 Å². The highest BCUT2D eigenvalue weighted by Crippen LogP contribution is 2.16. The van der Waals surface area contributed by atoms with Gasteiger partial charge in [-0.2, -0.15) is 0 Å². The number of aromatic nitrogens is 2. The van der Waals surface area contributed by atoms with Crippen molar-refractivity contribution in [3.05, 3.63) is 89.3 Å². The predicted molar refractivity (Wildman–Crippen MR) is 131 cm³/mol. The van der Waals surface area contributed by atoms with Gasteiger partial charge in [-0.1, -0.05) is 42.5 Å². The van der Waals surface area contributed by atoms with E-state index in [2.05, 4.69) is 37.3 Å². The Hall–Kier alpha value is -2.42. The average Bonchev–Trinajstić information content (AvgIpc) is 3.16. The number of aliphatic imine (C=N–C) groups is 1. The Kier molecular flexibility index (Phi) is 9.29. The third kappa shape index (κ3) is 6.55. The maximum Gasteiger partial charge on any atom is 0.192 e. The molecule has 3 aromatic rings. The van der Waals surface area contributed by atoms with Crippen molar-refractivity contribution in [1.82, 2.24) is 20.2 Å². The molecular weight excluding hydrogens is 492 g/mol. The first-order valence-electron chi connectivity index (χ1n) is 9.91. The molecule has 0 spiro atoms. The number of hydrogen-bond acceptors (Lipinski definition) is 2. The number of aryl methyl sites for hydroxylation is 1. The number of rotatable bonds is 7. The number of hydrogen-bond donors (Lipinski definition) is 2. The zero-order valence-corrected chi connectivity index (χ0v) is 19.9. The van der Waals surface area contributed by atoms with Gasteiger partial charge >= 0.3 is 0 Å². The van der Waals surface area contributed by atoms with E-state index in [4.69, 9.17) is 0 Å². The van der Waals surface area contributed by atoms with Crippen LogP contribution < -0.4 is 10.6 Å². The molecule has 0 aliphatic heterocycles. The summed E-state index contributed by atoms with van der Waals surface area (Å²) in [6, 6.07) is 15.5. The fourth-order valence-electron chi connectivity index (χ4n) is 3.05. The molecule has 0 fully saturated rings. The molecule has 1 heterocycles. The number of halogens is 2. The molecule has 0 amide bonds. The molecule has 160 valence electrons. The van der Waals surface area contributed by atoms with Crippen molar-refractivity contribution >= 4 is 29.9 Å². The van der Waals surface area contributed by atoms with E-state index in [1.165, 1.54) is 5.56 Å². The fourth-order valence-corrected chi connectivity index (χ4v) is 3.05. The van der Waals surface area contributed by atoms with E-state index in [9.17, 15) is 4.39 Å². The maximum absolute atomic E-state index is 13.9. The minimum absolute atomic E-state index is 0. The number of nitrogens with one attached hydrogen (secondary N) is 2. The Labute approximate surface area is 194 Å². The Morgan fingerprint density at radius 3 is 2.67 bits per heavy atom. The van der Waals surface area contributed by atoms with Gasteiger partial charge in [-0.05, 0) is 43.5 Å². The minimum atomic E-state index is -0.193. The van der Waals surface area contributed by atoms with Gasteiger partial charge in [-0.15, -0.1) is 24.0 Å². The van der Waals surface area contributed by atoms with Crippen LogP contribution >= 0.6 is 24.0 Å². The van der Waals surface area contributed by atoms with E-state index in [1.54, 1.807) is 25.3 Å². The molecule has 0 aliphatic rings. The highest BCUT2D eigenvalue weighted by Gasteiger charge is 2.10. The second kappa shape index (κ2) is 11.7. The van der Waals surface area contributed by atoms with Gasteiger partial charge in [-0.25, -0.2) is 14.4 Å². The van der Waals surface area contributed by atoms with Crippen LogP contribution in [0.5, 0.6) is 0 Å². The van der Waals surface area contributed by atoms with E-state index in [1.807, 2.05) is 44.3 Å². The van der Waals surface area contributed by atoms with Gasteiger partial charge in [0.2, 0.25) is 0 Å². The maximum atomic E-state index is 13.9. The summed E-state index contributed by atoms with van der Waals surface area (Å²) in [5.74, 6) is 1.37. The topological polar surface area (TPSA) is 54.2 Å². The van der Waals surface area contributed by atoms with Gasteiger partial charge in [0, 0.05) is 25.5 Å². The summed E-state index contributed by atoms with van der Waals surface area (Å²) >= 11 is 0. The largest absolute Gasteiger partial charge is 0.357 e. The summed E-state index contributed by atoms with van der Waals surface area (Å²) in [5.41, 5.74) is 2.74. The Bertz CT molecular complexity index is 955. The Morgan fingerprint density at radius 1 is 1.20 bits per heavy atom. The van der Waals surface area contributed by atoms with Crippen LogP contribution in [0.2, 0.25) is 0 Å². The molecule has 7 heteroatoms. The van der Waals surface area contributed by atoms with E-state index >= 15 is 0 Å². The number of imidazole rings is 1. The van der Waals surface area contributed by atoms with Crippen molar-refractivity contribution in [3.8, 4) is 0 Å². The van der Waals surface area contributed by atoms with Crippen LogP contribution in [0.25, 0.3) is 0 Å². The van der Waals surface area contributed by atoms with Crippen LogP contribution in [-0.4, -0.2) is 22.1 Å². The van der Waals surface area contributed by atoms with Crippen LogP contribution in [-0.2, 0) is 13.1 Å². The predicted octanol–water partition coefficient (Wildman–Crippen LogP) is 4.81. The van der Waals surface area contributed by atoms with E-state index in [0.29, 0.717) is 18.1 Å². The highest BCUT2D eigenvalue weighted by molar-refractivity contribution is 14.0. The molecule has 0 saturated carbocycles. The number of nitrogens with zero attached hydrogens (tertiary/aromatic N) is 3. The van der Waals surface area contributed by atoms with Gasteiger partial charge in [0.25, 0.3) is 0 Å². The molecule has 1 aromatic heterocycles. The summed E-state index contributed by atoms with van der Waals surface area (Å²) in [7, 11) is 0. The molecule has 0 aliphatic carbocycles. The minimum Gasteiger partial charge on any atom is -0.357 e. The SMILES string of the molecule is CCNC(=NCc1nccn1Cc1ccccc1)NC(C)c1ccc(C)c(F)c1.I. The summed E-state index contributed by atoms with van der Waals surface area (Å²) in [5, 5.41) is 6.60. The van der Waals surface area contributed by atoms with Crippen LogP contribution in [0.4, 0.5) is 4.39 Å².